The molecule has 1 aliphatic heterocycles. The second-order valence-corrected chi connectivity index (χ2v) is 7.91. The second-order valence-electron chi connectivity index (χ2n) is 7.91. The van der Waals surface area contributed by atoms with E-state index in [0.717, 1.165) is 18.4 Å². The zero-order chi connectivity index (χ0) is 19.2. The third-order valence-electron chi connectivity index (χ3n) is 5.44. The van der Waals surface area contributed by atoms with Crippen molar-refractivity contribution in [3.63, 3.8) is 0 Å². The highest BCUT2D eigenvalue weighted by molar-refractivity contribution is 6.39. The van der Waals surface area contributed by atoms with Crippen LogP contribution in [0.2, 0.25) is 0 Å². The van der Waals surface area contributed by atoms with Gasteiger partial charge >= 0.3 is 11.8 Å². The van der Waals surface area contributed by atoms with E-state index in [-0.39, 0.29) is 6.54 Å². The first-order valence-electron chi connectivity index (χ1n) is 10.00. The molecule has 6 nitrogen and oxygen atoms in total. The number of amides is 2. The van der Waals surface area contributed by atoms with Crippen molar-refractivity contribution < 1.29 is 19.4 Å². The van der Waals surface area contributed by atoms with E-state index < -0.39 is 17.9 Å². The summed E-state index contributed by atoms with van der Waals surface area (Å²) in [7, 11) is 0. The normalized spacial score (nSPS) is 25.9. The number of β-amino-alcohol motifs (C(OH)–C–C–N with tert-alkyl or cyclic N) is 1. The fourth-order valence-electron chi connectivity index (χ4n) is 3.95. The molecule has 0 spiro atoms. The summed E-state index contributed by atoms with van der Waals surface area (Å²) in [5.74, 6) is -0.538. The van der Waals surface area contributed by atoms with Gasteiger partial charge in [-0.1, -0.05) is 31.9 Å². The number of ether oxygens (including phenoxy) is 1. The van der Waals surface area contributed by atoms with Gasteiger partial charge in [0, 0.05) is 18.8 Å². The smallest absolute Gasteiger partial charge is 0.313 e. The van der Waals surface area contributed by atoms with Gasteiger partial charge in [0.2, 0.25) is 0 Å². The molecule has 0 unspecified atom stereocenters. The summed E-state index contributed by atoms with van der Waals surface area (Å²) in [6.07, 6.45) is 5.86. The van der Waals surface area contributed by atoms with Crippen molar-refractivity contribution in [2.24, 2.45) is 5.92 Å². The lowest BCUT2D eigenvalue weighted by Crippen LogP contribution is -2.46. The SMILES string of the molecule is C[C@@H]1CCC[C@H](OCc2cccc(NC(=O)C(=O)N3CCC[C@H](O)C3)c2)C1. The first kappa shape index (κ1) is 19.8. The van der Waals surface area contributed by atoms with E-state index in [2.05, 4.69) is 12.2 Å². The number of hydrogen-bond donors (Lipinski definition) is 2. The number of likely N-dealkylation sites (tertiary alicyclic amines) is 1. The molecule has 1 saturated carbocycles. The Morgan fingerprint density at radius 3 is 2.89 bits per heavy atom. The van der Waals surface area contributed by atoms with Crippen molar-refractivity contribution >= 4 is 17.5 Å². The fraction of sp³-hybridized carbons (Fsp3) is 0.619. The Morgan fingerprint density at radius 1 is 1.26 bits per heavy atom. The van der Waals surface area contributed by atoms with E-state index >= 15 is 0 Å². The van der Waals surface area contributed by atoms with Gasteiger partial charge in [0.25, 0.3) is 0 Å². The van der Waals surface area contributed by atoms with Crippen LogP contribution in [0.4, 0.5) is 5.69 Å². The third kappa shape index (κ3) is 5.78. The van der Waals surface area contributed by atoms with Gasteiger partial charge in [0.05, 0.1) is 18.8 Å². The Kier molecular flexibility index (Phi) is 6.85. The number of benzene rings is 1. The summed E-state index contributed by atoms with van der Waals surface area (Å²) in [4.78, 5) is 25.9. The van der Waals surface area contributed by atoms with Crippen molar-refractivity contribution in [1.29, 1.82) is 0 Å². The molecule has 3 rings (SSSR count). The molecule has 27 heavy (non-hydrogen) atoms. The van der Waals surface area contributed by atoms with Crippen LogP contribution in [0.15, 0.2) is 24.3 Å². The average Bonchev–Trinajstić information content (AvgIpc) is 2.66. The Hall–Kier alpha value is -1.92. The number of aliphatic hydroxyl groups excluding tert-OH is 1. The number of rotatable bonds is 4. The minimum Gasteiger partial charge on any atom is -0.391 e. The van der Waals surface area contributed by atoms with Crippen LogP contribution >= 0.6 is 0 Å². The van der Waals surface area contributed by atoms with E-state index in [9.17, 15) is 14.7 Å². The molecule has 2 fully saturated rings. The topological polar surface area (TPSA) is 78.9 Å². The standard InChI is InChI=1S/C21H30N2O4/c1-15-5-2-9-19(11-15)27-14-16-6-3-7-17(12-16)22-20(25)21(26)23-10-4-8-18(24)13-23/h3,6-7,12,15,18-19,24H,2,4-5,8-11,13-14H2,1H3,(H,22,25)/t15-,18+,19+/m1/s1. The van der Waals surface area contributed by atoms with Gasteiger partial charge in [-0.3, -0.25) is 9.59 Å². The van der Waals surface area contributed by atoms with E-state index in [1.54, 1.807) is 6.07 Å². The molecule has 0 aromatic heterocycles. The molecule has 1 saturated heterocycles. The zero-order valence-corrected chi connectivity index (χ0v) is 16.0. The molecular formula is C21H30N2O4. The highest BCUT2D eigenvalue weighted by Crippen LogP contribution is 2.26. The first-order chi connectivity index (χ1) is 13.0. The summed E-state index contributed by atoms with van der Waals surface area (Å²) in [5.41, 5.74) is 1.57. The number of carbonyl (C=O) groups excluding carboxylic acids is 2. The number of piperidine rings is 1. The molecule has 1 heterocycles. The van der Waals surface area contributed by atoms with Crippen LogP contribution in [0.1, 0.15) is 51.0 Å². The molecule has 1 aliphatic carbocycles. The lowest BCUT2D eigenvalue weighted by molar-refractivity contribution is -0.145. The molecule has 148 valence electrons. The average molecular weight is 374 g/mol. The molecule has 2 amide bonds. The maximum Gasteiger partial charge on any atom is 0.313 e. The van der Waals surface area contributed by atoms with Crippen molar-refractivity contribution in [3.05, 3.63) is 29.8 Å². The summed E-state index contributed by atoms with van der Waals surface area (Å²) < 4.78 is 6.04. The van der Waals surface area contributed by atoms with Crippen LogP contribution < -0.4 is 5.32 Å². The first-order valence-corrected chi connectivity index (χ1v) is 10.00. The highest BCUT2D eigenvalue weighted by atomic mass is 16.5. The fourth-order valence-corrected chi connectivity index (χ4v) is 3.95. The number of nitrogens with zero attached hydrogens (tertiary/aromatic N) is 1. The van der Waals surface area contributed by atoms with Gasteiger partial charge < -0.3 is 20.1 Å². The quantitative estimate of drug-likeness (QED) is 0.794. The molecule has 2 aliphatic rings. The van der Waals surface area contributed by atoms with E-state index in [1.807, 2.05) is 18.2 Å². The van der Waals surface area contributed by atoms with Crippen LogP contribution in [-0.2, 0) is 20.9 Å². The number of hydrogen-bond acceptors (Lipinski definition) is 4. The molecular weight excluding hydrogens is 344 g/mol. The van der Waals surface area contributed by atoms with Gasteiger partial charge in [-0.15, -0.1) is 0 Å². The van der Waals surface area contributed by atoms with E-state index in [4.69, 9.17) is 4.74 Å². The van der Waals surface area contributed by atoms with Crippen LogP contribution in [0.25, 0.3) is 0 Å². The van der Waals surface area contributed by atoms with E-state index in [0.29, 0.717) is 43.7 Å². The van der Waals surface area contributed by atoms with Crippen molar-refractivity contribution in [2.45, 2.75) is 64.3 Å². The van der Waals surface area contributed by atoms with Gasteiger partial charge in [0.15, 0.2) is 0 Å². The molecule has 2 N–H and O–H groups in total. The number of aliphatic hydroxyl groups is 1. The molecule has 3 atom stereocenters. The number of carbonyl (C=O) groups is 2. The Bertz CT molecular complexity index is 663. The zero-order valence-electron chi connectivity index (χ0n) is 16.0. The molecule has 0 bridgehead atoms. The summed E-state index contributed by atoms with van der Waals surface area (Å²) >= 11 is 0. The van der Waals surface area contributed by atoms with Crippen LogP contribution in [0.3, 0.4) is 0 Å². The lowest BCUT2D eigenvalue weighted by Gasteiger charge is -2.29. The maximum atomic E-state index is 12.3. The summed E-state index contributed by atoms with van der Waals surface area (Å²) in [5, 5.41) is 12.4. The lowest BCUT2D eigenvalue weighted by atomic mass is 9.89. The second kappa shape index (κ2) is 9.33. The predicted molar refractivity (Wildman–Crippen MR) is 103 cm³/mol. The number of nitrogens with one attached hydrogen (secondary N) is 1. The minimum absolute atomic E-state index is 0.222. The maximum absolute atomic E-state index is 12.3. The molecule has 1 aromatic rings. The Morgan fingerprint density at radius 2 is 2.11 bits per heavy atom. The summed E-state index contributed by atoms with van der Waals surface area (Å²) in [6.45, 7) is 3.51. The molecule has 1 aromatic carbocycles. The van der Waals surface area contributed by atoms with Crippen LogP contribution in [-0.4, -0.2) is 47.1 Å². The van der Waals surface area contributed by atoms with Crippen molar-refractivity contribution in [2.75, 3.05) is 18.4 Å². The predicted octanol–water partition coefficient (Wildman–Crippen LogP) is 2.70. The van der Waals surface area contributed by atoms with Gasteiger partial charge in [-0.25, -0.2) is 0 Å². The van der Waals surface area contributed by atoms with Gasteiger partial charge in [-0.2, -0.15) is 0 Å². The minimum atomic E-state index is -0.664. The molecule has 6 heteroatoms. The highest BCUT2D eigenvalue weighted by Gasteiger charge is 2.27. The largest absolute Gasteiger partial charge is 0.391 e. The Labute approximate surface area is 160 Å². The molecule has 0 radical (unpaired) electrons. The Balaban J connectivity index is 1.52. The third-order valence-corrected chi connectivity index (χ3v) is 5.44. The van der Waals surface area contributed by atoms with Crippen LogP contribution in [0, 0.1) is 5.92 Å². The van der Waals surface area contributed by atoms with E-state index in [1.165, 1.54) is 17.7 Å². The van der Waals surface area contributed by atoms with Gasteiger partial charge in [-0.05, 0) is 49.3 Å². The monoisotopic (exact) mass is 374 g/mol. The van der Waals surface area contributed by atoms with Crippen molar-refractivity contribution in [1.82, 2.24) is 4.90 Å². The summed E-state index contributed by atoms with van der Waals surface area (Å²) in [6, 6.07) is 7.43. The van der Waals surface area contributed by atoms with Crippen LogP contribution in [0.5, 0.6) is 0 Å². The van der Waals surface area contributed by atoms with Crippen molar-refractivity contribution in [3.8, 4) is 0 Å². The number of anilines is 1. The van der Waals surface area contributed by atoms with Gasteiger partial charge in [0.1, 0.15) is 0 Å².